The van der Waals surface area contributed by atoms with Gasteiger partial charge in [0.15, 0.2) is 5.76 Å². The minimum absolute atomic E-state index is 0.224. The molecule has 8 heteroatoms. The first-order valence-corrected chi connectivity index (χ1v) is 8.94. The van der Waals surface area contributed by atoms with Crippen molar-refractivity contribution in [2.75, 3.05) is 31.5 Å². The van der Waals surface area contributed by atoms with Gasteiger partial charge in [0.25, 0.3) is 5.91 Å². The van der Waals surface area contributed by atoms with E-state index < -0.39 is 11.8 Å². The molecule has 0 aliphatic carbocycles. The van der Waals surface area contributed by atoms with Gasteiger partial charge in [-0.2, -0.15) is 0 Å². The lowest BCUT2D eigenvalue weighted by atomic mass is 10.1. The number of furan rings is 1. The molecule has 2 heterocycles. The van der Waals surface area contributed by atoms with Crippen molar-refractivity contribution in [1.82, 2.24) is 9.80 Å². The molecule has 1 aromatic carbocycles. The van der Waals surface area contributed by atoms with Gasteiger partial charge in [-0.05, 0) is 43.2 Å². The SMILES string of the molecule is Cc1cc(C)c(NC(=O)C(=O)N2CCN(C(=O)c3ccco3)CC2)c(Cl)c1. The summed E-state index contributed by atoms with van der Waals surface area (Å²) in [5.74, 6) is -1.35. The van der Waals surface area contributed by atoms with E-state index in [1.165, 1.54) is 11.2 Å². The van der Waals surface area contributed by atoms with Crippen molar-refractivity contribution in [1.29, 1.82) is 0 Å². The van der Waals surface area contributed by atoms with Gasteiger partial charge in [-0.1, -0.05) is 17.7 Å². The standard InChI is InChI=1S/C19H20ClN3O4/c1-12-10-13(2)16(14(20)11-12)21-17(24)19(26)23-7-5-22(6-8-23)18(25)15-4-3-9-27-15/h3-4,9-11H,5-8H2,1-2H3,(H,21,24). The van der Waals surface area contributed by atoms with Crippen LogP contribution in [0.1, 0.15) is 21.7 Å². The van der Waals surface area contributed by atoms with Crippen molar-refractivity contribution in [3.05, 3.63) is 52.4 Å². The highest BCUT2D eigenvalue weighted by Gasteiger charge is 2.29. The summed E-state index contributed by atoms with van der Waals surface area (Å²) in [6.07, 6.45) is 1.44. The molecule has 3 rings (SSSR count). The Hall–Kier alpha value is -2.80. The Balaban J connectivity index is 1.59. The fraction of sp³-hybridized carbons (Fsp3) is 0.316. The Morgan fingerprint density at radius 1 is 1.07 bits per heavy atom. The van der Waals surface area contributed by atoms with Gasteiger partial charge in [-0.25, -0.2) is 0 Å². The van der Waals surface area contributed by atoms with Crippen LogP contribution in [0.3, 0.4) is 0 Å². The maximum absolute atomic E-state index is 12.4. The maximum atomic E-state index is 12.4. The largest absolute Gasteiger partial charge is 0.459 e. The van der Waals surface area contributed by atoms with Crippen LogP contribution in [0, 0.1) is 13.8 Å². The quantitative estimate of drug-likeness (QED) is 0.800. The van der Waals surface area contributed by atoms with E-state index in [2.05, 4.69) is 5.32 Å². The van der Waals surface area contributed by atoms with E-state index in [-0.39, 0.29) is 24.8 Å². The lowest BCUT2D eigenvalue weighted by Crippen LogP contribution is -2.53. The van der Waals surface area contributed by atoms with E-state index in [0.29, 0.717) is 23.8 Å². The second-order valence-electron chi connectivity index (χ2n) is 6.45. The van der Waals surface area contributed by atoms with Crippen LogP contribution in [0.25, 0.3) is 0 Å². The number of nitrogens with one attached hydrogen (secondary N) is 1. The number of rotatable bonds is 2. The Bertz CT molecular complexity index is 848. The highest BCUT2D eigenvalue weighted by atomic mass is 35.5. The summed E-state index contributed by atoms with van der Waals surface area (Å²) in [6.45, 7) is 4.95. The van der Waals surface area contributed by atoms with Crippen LogP contribution < -0.4 is 5.32 Å². The zero-order chi connectivity index (χ0) is 19.6. The van der Waals surface area contributed by atoms with Crippen LogP contribution in [0.5, 0.6) is 0 Å². The molecule has 27 heavy (non-hydrogen) atoms. The second-order valence-corrected chi connectivity index (χ2v) is 6.86. The van der Waals surface area contributed by atoms with Crippen LogP contribution in [0.2, 0.25) is 5.02 Å². The molecule has 1 N–H and O–H groups in total. The molecule has 142 valence electrons. The first kappa shape index (κ1) is 19.0. The molecule has 1 aromatic heterocycles. The van der Waals surface area contributed by atoms with Gasteiger partial charge in [-0.15, -0.1) is 0 Å². The maximum Gasteiger partial charge on any atom is 0.313 e. The summed E-state index contributed by atoms with van der Waals surface area (Å²) >= 11 is 6.18. The number of amides is 3. The smallest absolute Gasteiger partial charge is 0.313 e. The van der Waals surface area contributed by atoms with Crippen molar-refractivity contribution < 1.29 is 18.8 Å². The predicted octanol–water partition coefficient (Wildman–Crippen LogP) is 2.47. The van der Waals surface area contributed by atoms with E-state index in [1.54, 1.807) is 23.1 Å². The zero-order valence-electron chi connectivity index (χ0n) is 15.1. The number of halogens is 1. The molecule has 2 aromatic rings. The first-order valence-electron chi connectivity index (χ1n) is 8.56. The number of aryl methyl sites for hydroxylation is 2. The van der Waals surface area contributed by atoms with Gasteiger partial charge >= 0.3 is 11.8 Å². The zero-order valence-corrected chi connectivity index (χ0v) is 15.9. The average molecular weight is 390 g/mol. The Morgan fingerprint density at radius 2 is 1.74 bits per heavy atom. The number of carbonyl (C=O) groups excluding carboxylic acids is 3. The number of piperazine rings is 1. The van der Waals surface area contributed by atoms with Crippen molar-refractivity contribution in [2.45, 2.75) is 13.8 Å². The lowest BCUT2D eigenvalue weighted by Gasteiger charge is -2.33. The number of anilines is 1. The average Bonchev–Trinajstić information content (AvgIpc) is 3.18. The molecule has 0 radical (unpaired) electrons. The molecule has 7 nitrogen and oxygen atoms in total. The van der Waals surface area contributed by atoms with Gasteiger partial charge in [0, 0.05) is 26.2 Å². The van der Waals surface area contributed by atoms with Gasteiger partial charge in [-0.3, -0.25) is 14.4 Å². The minimum Gasteiger partial charge on any atom is -0.459 e. The third-order valence-electron chi connectivity index (χ3n) is 4.45. The van der Waals surface area contributed by atoms with Gasteiger partial charge in [0.2, 0.25) is 0 Å². The number of nitrogens with zero attached hydrogens (tertiary/aromatic N) is 2. The molecule has 1 aliphatic heterocycles. The van der Waals surface area contributed by atoms with Crippen LogP contribution >= 0.6 is 11.6 Å². The molecule has 0 spiro atoms. The monoisotopic (exact) mass is 389 g/mol. The third kappa shape index (κ3) is 4.14. The molecular weight excluding hydrogens is 370 g/mol. The van der Waals surface area contributed by atoms with E-state index in [9.17, 15) is 14.4 Å². The Labute approximate surface area is 161 Å². The topological polar surface area (TPSA) is 82.9 Å². The molecule has 0 bridgehead atoms. The van der Waals surface area contributed by atoms with E-state index >= 15 is 0 Å². The highest BCUT2D eigenvalue weighted by Crippen LogP contribution is 2.27. The van der Waals surface area contributed by atoms with Crippen molar-refractivity contribution in [3.8, 4) is 0 Å². The molecule has 1 aliphatic rings. The number of carbonyl (C=O) groups is 3. The Kier molecular flexibility index (Phi) is 5.51. The fourth-order valence-corrected chi connectivity index (χ4v) is 3.42. The summed E-state index contributed by atoms with van der Waals surface area (Å²) in [7, 11) is 0. The van der Waals surface area contributed by atoms with Gasteiger partial charge in [0.05, 0.1) is 17.0 Å². The fourth-order valence-electron chi connectivity index (χ4n) is 3.05. The number of hydrogen-bond donors (Lipinski definition) is 1. The summed E-state index contributed by atoms with van der Waals surface area (Å²) < 4.78 is 5.11. The van der Waals surface area contributed by atoms with E-state index in [0.717, 1.165) is 11.1 Å². The molecule has 3 amide bonds. The summed E-state index contributed by atoms with van der Waals surface area (Å²) in [4.78, 5) is 40.1. The van der Waals surface area contributed by atoms with E-state index in [1.807, 2.05) is 19.9 Å². The normalized spacial score (nSPS) is 14.2. The minimum atomic E-state index is -0.741. The highest BCUT2D eigenvalue weighted by molar-refractivity contribution is 6.41. The summed E-state index contributed by atoms with van der Waals surface area (Å²) in [5, 5.41) is 2.99. The van der Waals surface area contributed by atoms with Crippen LogP contribution in [-0.4, -0.2) is 53.7 Å². The lowest BCUT2D eigenvalue weighted by molar-refractivity contribution is -0.144. The predicted molar refractivity (Wildman–Crippen MR) is 101 cm³/mol. The van der Waals surface area contributed by atoms with E-state index in [4.69, 9.17) is 16.0 Å². The van der Waals surface area contributed by atoms with Gasteiger partial charge in [0.1, 0.15) is 0 Å². The molecular formula is C19H20ClN3O4. The molecule has 0 atom stereocenters. The molecule has 1 saturated heterocycles. The van der Waals surface area contributed by atoms with Gasteiger partial charge < -0.3 is 19.5 Å². The Morgan fingerprint density at radius 3 is 2.33 bits per heavy atom. The molecule has 1 fully saturated rings. The van der Waals surface area contributed by atoms with Crippen LogP contribution in [0.15, 0.2) is 34.9 Å². The third-order valence-corrected chi connectivity index (χ3v) is 4.75. The second kappa shape index (κ2) is 7.84. The van der Waals surface area contributed by atoms with Crippen LogP contribution in [0.4, 0.5) is 5.69 Å². The van der Waals surface area contributed by atoms with Crippen molar-refractivity contribution in [2.24, 2.45) is 0 Å². The summed E-state index contributed by atoms with van der Waals surface area (Å²) in [5.41, 5.74) is 2.20. The first-order chi connectivity index (χ1) is 12.9. The van der Waals surface area contributed by atoms with Crippen molar-refractivity contribution >= 4 is 35.0 Å². The molecule has 0 saturated carbocycles. The van der Waals surface area contributed by atoms with Crippen molar-refractivity contribution in [3.63, 3.8) is 0 Å². The number of hydrogen-bond acceptors (Lipinski definition) is 4. The molecule has 0 unspecified atom stereocenters. The van der Waals surface area contributed by atoms with Crippen LogP contribution in [-0.2, 0) is 9.59 Å². The number of benzene rings is 1. The summed E-state index contributed by atoms with van der Waals surface area (Å²) in [6, 6.07) is 6.86.